The highest BCUT2D eigenvalue weighted by Crippen LogP contribution is 2.38. The van der Waals surface area contributed by atoms with E-state index >= 15 is 0 Å². The van der Waals surface area contributed by atoms with E-state index in [1.54, 1.807) is 10.9 Å². The summed E-state index contributed by atoms with van der Waals surface area (Å²) in [5, 5.41) is 0. The largest absolute Gasteiger partial charge is 0.354 e. The van der Waals surface area contributed by atoms with Crippen LogP contribution in [0.5, 0.6) is 0 Å². The van der Waals surface area contributed by atoms with Gasteiger partial charge < -0.3 is 9.26 Å². The number of rotatable bonds is 4. The van der Waals surface area contributed by atoms with Gasteiger partial charge in [0.15, 0.2) is 18.0 Å². The van der Waals surface area contributed by atoms with Gasteiger partial charge in [-0.1, -0.05) is 6.92 Å². The van der Waals surface area contributed by atoms with Crippen molar-refractivity contribution in [1.82, 2.24) is 19.5 Å². The third kappa shape index (κ3) is 2.43. The summed E-state index contributed by atoms with van der Waals surface area (Å²) in [5.41, 5.74) is 2.02. The lowest BCUT2D eigenvalue weighted by Gasteiger charge is -2.17. The first-order chi connectivity index (χ1) is 10.2. The zero-order valence-corrected chi connectivity index (χ0v) is 13.2. The van der Waals surface area contributed by atoms with Crippen molar-refractivity contribution >= 4 is 20.0 Å². The number of aryl methyl sites for hydroxylation is 1. The smallest absolute Gasteiger partial charge is 0.174 e. The van der Waals surface area contributed by atoms with Gasteiger partial charge in [0.25, 0.3) is 0 Å². The van der Waals surface area contributed by atoms with Crippen molar-refractivity contribution < 1.29 is 13.7 Å². The molecule has 8 heteroatoms. The first-order valence-electron chi connectivity index (χ1n) is 6.93. The molecular formula is C13H18FN4O2P. The fourth-order valence-corrected chi connectivity index (χ4v) is 3.23. The van der Waals surface area contributed by atoms with E-state index in [1.807, 2.05) is 20.5 Å². The van der Waals surface area contributed by atoms with Crippen LogP contribution in [-0.2, 0) is 9.26 Å². The van der Waals surface area contributed by atoms with Crippen molar-refractivity contribution in [3.05, 3.63) is 18.3 Å². The van der Waals surface area contributed by atoms with Gasteiger partial charge in [-0.2, -0.15) is 0 Å². The Labute approximate surface area is 123 Å². The molecule has 1 aliphatic heterocycles. The molecule has 0 spiro atoms. The van der Waals surface area contributed by atoms with Crippen molar-refractivity contribution in [3.8, 4) is 0 Å². The van der Waals surface area contributed by atoms with Gasteiger partial charge in [-0.05, 0) is 20.0 Å². The summed E-state index contributed by atoms with van der Waals surface area (Å²) in [6.45, 7) is 5.70. The summed E-state index contributed by atoms with van der Waals surface area (Å²) in [6, 6.07) is 0. The lowest BCUT2D eigenvalue weighted by atomic mass is 10.1. The molecule has 0 aromatic carbocycles. The molecule has 6 nitrogen and oxygen atoms in total. The molecule has 1 aliphatic rings. The molecule has 2 aromatic rings. The first-order valence-corrected chi connectivity index (χ1v) is 8.34. The number of hydrogen-bond acceptors (Lipinski definition) is 5. The van der Waals surface area contributed by atoms with Gasteiger partial charge in [-0.3, -0.25) is 4.57 Å². The van der Waals surface area contributed by atoms with Gasteiger partial charge in [0.05, 0.1) is 18.1 Å². The maximum atomic E-state index is 14.7. The van der Waals surface area contributed by atoms with Crippen molar-refractivity contribution in [2.75, 3.05) is 6.66 Å². The second-order valence-corrected chi connectivity index (χ2v) is 5.63. The molecule has 0 N–H and O–H groups in total. The lowest BCUT2D eigenvalue weighted by Crippen LogP contribution is -2.29. The van der Waals surface area contributed by atoms with E-state index in [-0.39, 0.29) is 14.9 Å². The van der Waals surface area contributed by atoms with Crippen LogP contribution in [0.2, 0.25) is 0 Å². The fraction of sp³-hybridized carbons (Fsp3) is 0.615. The second-order valence-electron chi connectivity index (χ2n) is 4.99. The van der Waals surface area contributed by atoms with Crippen molar-refractivity contribution in [3.63, 3.8) is 0 Å². The molecule has 5 atom stereocenters. The maximum Gasteiger partial charge on any atom is 0.174 e. The highest BCUT2D eigenvalue weighted by molar-refractivity contribution is 7.31. The SMILES string of the molecule is CC[C@H]1O[C@@H](n2cnc3c(C)ncnc32)[C@@H](F)C1OPC. The van der Waals surface area contributed by atoms with Crippen LogP contribution in [0.15, 0.2) is 12.7 Å². The maximum absolute atomic E-state index is 14.7. The van der Waals surface area contributed by atoms with E-state index in [0.29, 0.717) is 17.6 Å². The van der Waals surface area contributed by atoms with Gasteiger partial charge in [0.2, 0.25) is 0 Å². The molecule has 0 bridgehead atoms. The summed E-state index contributed by atoms with van der Waals surface area (Å²) >= 11 is 0. The lowest BCUT2D eigenvalue weighted by molar-refractivity contribution is -0.0214. The zero-order chi connectivity index (χ0) is 15.0. The van der Waals surface area contributed by atoms with E-state index in [2.05, 4.69) is 15.0 Å². The van der Waals surface area contributed by atoms with Crippen LogP contribution in [0, 0.1) is 6.92 Å². The molecular weight excluding hydrogens is 294 g/mol. The van der Waals surface area contributed by atoms with E-state index in [1.165, 1.54) is 6.33 Å². The number of nitrogens with zero attached hydrogens (tertiary/aromatic N) is 4. The molecule has 0 amide bonds. The van der Waals surface area contributed by atoms with Crippen molar-refractivity contribution in [1.29, 1.82) is 0 Å². The summed E-state index contributed by atoms with van der Waals surface area (Å²) in [4.78, 5) is 12.6. The Morgan fingerprint density at radius 1 is 1.43 bits per heavy atom. The number of imidazole rings is 1. The second kappa shape index (κ2) is 5.91. The molecule has 0 radical (unpaired) electrons. The fourth-order valence-electron chi connectivity index (χ4n) is 2.68. The monoisotopic (exact) mass is 312 g/mol. The average Bonchev–Trinajstić information content (AvgIpc) is 3.03. The summed E-state index contributed by atoms with van der Waals surface area (Å²) in [5.74, 6) is 0. The third-order valence-corrected chi connectivity index (χ3v) is 4.25. The standard InChI is InChI=1S/C13H18FN4O2P/c1-4-8-11(20-21-3)9(14)13(19-8)18-6-17-10-7(2)15-5-16-12(10)18/h5-6,8-9,11,13,21H,4H2,1-3H3/t8-,9+,11?,13-/m1/s1. The highest BCUT2D eigenvalue weighted by atomic mass is 31.1. The van der Waals surface area contributed by atoms with Gasteiger partial charge in [0, 0.05) is 8.81 Å². The predicted molar refractivity (Wildman–Crippen MR) is 78.3 cm³/mol. The van der Waals surface area contributed by atoms with Crippen LogP contribution >= 0.6 is 8.81 Å². The molecule has 114 valence electrons. The number of alkyl halides is 1. The minimum absolute atomic E-state index is 0.230. The summed E-state index contributed by atoms with van der Waals surface area (Å²) in [7, 11) is 0.230. The Morgan fingerprint density at radius 3 is 2.95 bits per heavy atom. The molecule has 2 aromatic heterocycles. The average molecular weight is 312 g/mol. The number of aromatic nitrogens is 4. The number of ether oxygens (including phenoxy) is 1. The van der Waals surface area contributed by atoms with Crippen LogP contribution in [0.1, 0.15) is 25.3 Å². The first kappa shape index (κ1) is 14.8. The van der Waals surface area contributed by atoms with Crippen LogP contribution in [0.3, 0.4) is 0 Å². The molecule has 3 rings (SSSR count). The minimum Gasteiger partial charge on any atom is -0.354 e. The molecule has 3 heterocycles. The van der Waals surface area contributed by atoms with Crippen molar-refractivity contribution in [2.24, 2.45) is 0 Å². The van der Waals surface area contributed by atoms with E-state index in [4.69, 9.17) is 9.26 Å². The van der Waals surface area contributed by atoms with Crippen LogP contribution < -0.4 is 0 Å². The molecule has 0 saturated carbocycles. The van der Waals surface area contributed by atoms with Gasteiger partial charge in [0.1, 0.15) is 17.9 Å². The van der Waals surface area contributed by atoms with Crippen LogP contribution in [0.25, 0.3) is 11.2 Å². The summed E-state index contributed by atoms with van der Waals surface area (Å²) < 4.78 is 27.8. The van der Waals surface area contributed by atoms with Crippen LogP contribution in [0.4, 0.5) is 4.39 Å². The Kier molecular flexibility index (Phi) is 4.15. The molecule has 21 heavy (non-hydrogen) atoms. The predicted octanol–water partition coefficient (Wildman–Crippen LogP) is 2.39. The Balaban J connectivity index is 1.97. The highest BCUT2D eigenvalue weighted by Gasteiger charge is 2.46. The van der Waals surface area contributed by atoms with E-state index < -0.39 is 18.5 Å². The quantitative estimate of drug-likeness (QED) is 0.811. The Morgan fingerprint density at radius 2 is 2.24 bits per heavy atom. The Bertz CT molecular complexity index is 638. The summed E-state index contributed by atoms with van der Waals surface area (Å²) in [6.07, 6.45) is 0.934. The van der Waals surface area contributed by atoms with E-state index in [9.17, 15) is 4.39 Å². The Hall–Kier alpha value is -1.17. The minimum atomic E-state index is -1.24. The zero-order valence-electron chi connectivity index (χ0n) is 12.2. The van der Waals surface area contributed by atoms with Gasteiger partial charge >= 0.3 is 0 Å². The molecule has 2 unspecified atom stereocenters. The number of halogens is 1. The normalized spacial score (nSPS) is 29.9. The van der Waals surface area contributed by atoms with Gasteiger partial charge in [-0.25, -0.2) is 19.3 Å². The third-order valence-electron chi connectivity index (χ3n) is 3.74. The van der Waals surface area contributed by atoms with Crippen LogP contribution in [-0.4, -0.2) is 44.6 Å². The number of hydrogen-bond donors (Lipinski definition) is 0. The number of fused-ring (bicyclic) bond motifs is 1. The topological polar surface area (TPSA) is 62.1 Å². The molecule has 0 aliphatic carbocycles. The molecule has 1 fully saturated rings. The van der Waals surface area contributed by atoms with Crippen molar-refractivity contribution in [2.45, 2.75) is 44.9 Å². The van der Waals surface area contributed by atoms with E-state index in [0.717, 1.165) is 5.69 Å². The molecule has 1 saturated heterocycles. The van der Waals surface area contributed by atoms with Gasteiger partial charge in [-0.15, -0.1) is 0 Å².